The minimum atomic E-state index is -0.152. The van der Waals surface area contributed by atoms with Crippen molar-refractivity contribution >= 4 is 11.6 Å². The number of hydrogen-bond donors (Lipinski definition) is 1. The summed E-state index contributed by atoms with van der Waals surface area (Å²) >= 11 is 0. The van der Waals surface area contributed by atoms with E-state index in [1.807, 2.05) is 37.3 Å². The highest BCUT2D eigenvalue weighted by Crippen LogP contribution is 2.30. The zero-order valence-corrected chi connectivity index (χ0v) is 15.3. The molecule has 2 aromatic carbocycles. The lowest BCUT2D eigenvalue weighted by molar-refractivity contribution is -0.116. The SMILES string of the molecule is CCOc1ccc(NC(=O)CCc2nc(-c3ccccc3)no2)cc1OC. The molecule has 0 aliphatic carbocycles. The van der Waals surface area contributed by atoms with Gasteiger partial charge in [-0.3, -0.25) is 4.79 Å². The Morgan fingerprint density at radius 1 is 1.15 bits per heavy atom. The topological polar surface area (TPSA) is 86.5 Å². The van der Waals surface area contributed by atoms with E-state index in [0.29, 0.717) is 41.9 Å². The molecule has 0 saturated carbocycles. The van der Waals surface area contributed by atoms with E-state index in [0.717, 1.165) is 5.56 Å². The molecule has 0 bridgehead atoms. The van der Waals surface area contributed by atoms with Gasteiger partial charge in [0.15, 0.2) is 11.5 Å². The molecule has 1 heterocycles. The molecule has 27 heavy (non-hydrogen) atoms. The van der Waals surface area contributed by atoms with Crippen LogP contribution >= 0.6 is 0 Å². The quantitative estimate of drug-likeness (QED) is 0.653. The molecule has 0 saturated heterocycles. The van der Waals surface area contributed by atoms with Crippen molar-refractivity contribution in [3.05, 3.63) is 54.4 Å². The maximum absolute atomic E-state index is 12.2. The van der Waals surface area contributed by atoms with Crippen LogP contribution in [0.25, 0.3) is 11.4 Å². The van der Waals surface area contributed by atoms with Crippen molar-refractivity contribution in [2.75, 3.05) is 19.0 Å². The van der Waals surface area contributed by atoms with Gasteiger partial charge in [-0.15, -0.1) is 0 Å². The molecule has 1 amide bonds. The van der Waals surface area contributed by atoms with Crippen LogP contribution in [0.15, 0.2) is 53.1 Å². The van der Waals surface area contributed by atoms with E-state index < -0.39 is 0 Å². The molecule has 1 aromatic heterocycles. The Morgan fingerprint density at radius 2 is 1.96 bits per heavy atom. The van der Waals surface area contributed by atoms with E-state index in [-0.39, 0.29) is 12.3 Å². The Balaban J connectivity index is 1.56. The van der Waals surface area contributed by atoms with Crippen LogP contribution in [0, 0.1) is 0 Å². The summed E-state index contributed by atoms with van der Waals surface area (Å²) in [4.78, 5) is 16.5. The third-order valence-corrected chi connectivity index (χ3v) is 3.81. The molecule has 0 atom stereocenters. The lowest BCUT2D eigenvalue weighted by atomic mass is 10.2. The third kappa shape index (κ3) is 4.84. The number of anilines is 1. The third-order valence-electron chi connectivity index (χ3n) is 3.81. The van der Waals surface area contributed by atoms with Crippen molar-refractivity contribution in [3.8, 4) is 22.9 Å². The number of hydrogen-bond acceptors (Lipinski definition) is 6. The van der Waals surface area contributed by atoms with Gasteiger partial charge in [-0.05, 0) is 19.1 Å². The number of rotatable bonds is 8. The second-order valence-corrected chi connectivity index (χ2v) is 5.72. The first-order chi connectivity index (χ1) is 13.2. The first-order valence-electron chi connectivity index (χ1n) is 8.68. The standard InChI is InChI=1S/C20H21N3O4/c1-3-26-16-10-9-15(13-17(16)25-2)21-18(24)11-12-19-22-20(23-27-19)14-7-5-4-6-8-14/h4-10,13H,3,11-12H2,1-2H3,(H,21,24). The van der Waals surface area contributed by atoms with Crippen LogP contribution in [0.3, 0.4) is 0 Å². The van der Waals surface area contributed by atoms with Gasteiger partial charge in [0.05, 0.1) is 13.7 Å². The molecule has 140 valence electrons. The first kappa shape index (κ1) is 18.4. The Bertz CT molecular complexity index is 893. The molecule has 3 aromatic rings. The Kier molecular flexibility index (Phi) is 6.04. The molecule has 3 rings (SSSR count). The minimum absolute atomic E-state index is 0.152. The molecule has 0 spiro atoms. The monoisotopic (exact) mass is 367 g/mol. The highest BCUT2D eigenvalue weighted by atomic mass is 16.5. The summed E-state index contributed by atoms with van der Waals surface area (Å²) in [7, 11) is 1.56. The zero-order chi connectivity index (χ0) is 19.1. The maximum Gasteiger partial charge on any atom is 0.227 e. The predicted molar refractivity (Wildman–Crippen MR) is 101 cm³/mol. The molecule has 0 radical (unpaired) electrons. The number of nitrogens with one attached hydrogen (secondary N) is 1. The molecule has 0 aliphatic rings. The molecular formula is C20H21N3O4. The van der Waals surface area contributed by atoms with Crippen LogP contribution in [-0.4, -0.2) is 29.8 Å². The Hall–Kier alpha value is -3.35. The highest BCUT2D eigenvalue weighted by molar-refractivity contribution is 5.91. The van der Waals surface area contributed by atoms with E-state index in [2.05, 4.69) is 15.5 Å². The number of aryl methyl sites for hydroxylation is 1. The number of methoxy groups -OCH3 is 1. The zero-order valence-electron chi connectivity index (χ0n) is 15.3. The summed E-state index contributed by atoms with van der Waals surface area (Å²) < 4.78 is 16.0. The van der Waals surface area contributed by atoms with Crippen molar-refractivity contribution in [3.63, 3.8) is 0 Å². The van der Waals surface area contributed by atoms with Crippen molar-refractivity contribution in [1.82, 2.24) is 10.1 Å². The normalized spacial score (nSPS) is 10.4. The lowest BCUT2D eigenvalue weighted by Crippen LogP contribution is -2.12. The van der Waals surface area contributed by atoms with Crippen molar-refractivity contribution < 1.29 is 18.8 Å². The number of amides is 1. The van der Waals surface area contributed by atoms with Gasteiger partial charge in [-0.1, -0.05) is 35.5 Å². The van der Waals surface area contributed by atoms with Crippen LogP contribution in [0.1, 0.15) is 19.2 Å². The predicted octanol–water partition coefficient (Wildman–Crippen LogP) is 3.72. The van der Waals surface area contributed by atoms with Crippen molar-refractivity contribution in [2.45, 2.75) is 19.8 Å². The van der Waals surface area contributed by atoms with Gasteiger partial charge in [-0.2, -0.15) is 4.98 Å². The van der Waals surface area contributed by atoms with Crippen LogP contribution in [0.2, 0.25) is 0 Å². The van der Waals surface area contributed by atoms with E-state index in [1.54, 1.807) is 25.3 Å². The maximum atomic E-state index is 12.2. The van der Waals surface area contributed by atoms with Crippen LogP contribution in [0.4, 0.5) is 5.69 Å². The fourth-order valence-electron chi connectivity index (χ4n) is 2.52. The van der Waals surface area contributed by atoms with Gasteiger partial charge < -0.3 is 19.3 Å². The van der Waals surface area contributed by atoms with Gasteiger partial charge >= 0.3 is 0 Å². The van der Waals surface area contributed by atoms with Gasteiger partial charge in [0.2, 0.25) is 17.6 Å². The second-order valence-electron chi connectivity index (χ2n) is 5.72. The van der Waals surface area contributed by atoms with E-state index >= 15 is 0 Å². The number of ether oxygens (including phenoxy) is 2. The highest BCUT2D eigenvalue weighted by Gasteiger charge is 2.12. The van der Waals surface area contributed by atoms with E-state index in [9.17, 15) is 4.79 Å². The molecular weight excluding hydrogens is 346 g/mol. The number of benzene rings is 2. The van der Waals surface area contributed by atoms with Crippen LogP contribution < -0.4 is 14.8 Å². The summed E-state index contributed by atoms with van der Waals surface area (Å²) in [5.74, 6) is 1.99. The van der Waals surface area contributed by atoms with Crippen LogP contribution in [-0.2, 0) is 11.2 Å². The molecule has 0 fully saturated rings. The summed E-state index contributed by atoms with van der Waals surface area (Å²) in [6.07, 6.45) is 0.589. The fraction of sp³-hybridized carbons (Fsp3) is 0.250. The number of carbonyl (C=O) groups excluding carboxylic acids is 1. The van der Waals surface area contributed by atoms with Gasteiger partial charge in [0, 0.05) is 30.2 Å². The molecule has 1 N–H and O–H groups in total. The second kappa shape index (κ2) is 8.84. The number of nitrogens with zero attached hydrogens (tertiary/aromatic N) is 2. The smallest absolute Gasteiger partial charge is 0.227 e. The number of carbonyl (C=O) groups is 1. The van der Waals surface area contributed by atoms with Crippen molar-refractivity contribution in [2.24, 2.45) is 0 Å². The lowest BCUT2D eigenvalue weighted by Gasteiger charge is -2.11. The fourth-order valence-corrected chi connectivity index (χ4v) is 2.52. The van der Waals surface area contributed by atoms with Crippen molar-refractivity contribution in [1.29, 1.82) is 0 Å². The van der Waals surface area contributed by atoms with Gasteiger partial charge in [-0.25, -0.2) is 0 Å². The average molecular weight is 367 g/mol. The Morgan fingerprint density at radius 3 is 2.70 bits per heavy atom. The first-order valence-corrected chi connectivity index (χ1v) is 8.68. The summed E-state index contributed by atoms with van der Waals surface area (Å²) in [5, 5.41) is 6.78. The average Bonchev–Trinajstić information content (AvgIpc) is 3.17. The van der Waals surface area contributed by atoms with E-state index in [1.165, 1.54) is 0 Å². The molecule has 7 nitrogen and oxygen atoms in total. The summed E-state index contributed by atoms with van der Waals surface area (Å²) in [6, 6.07) is 14.8. The minimum Gasteiger partial charge on any atom is -0.493 e. The molecule has 7 heteroatoms. The summed E-state index contributed by atoms with van der Waals surface area (Å²) in [6.45, 7) is 2.44. The summed E-state index contributed by atoms with van der Waals surface area (Å²) in [5.41, 5.74) is 1.51. The van der Waals surface area contributed by atoms with Crippen LogP contribution in [0.5, 0.6) is 11.5 Å². The van der Waals surface area contributed by atoms with E-state index in [4.69, 9.17) is 14.0 Å². The van der Waals surface area contributed by atoms with Gasteiger partial charge in [0.1, 0.15) is 0 Å². The molecule has 0 aliphatic heterocycles. The largest absolute Gasteiger partial charge is 0.493 e. The molecule has 0 unspecified atom stereocenters. The Labute approximate surface area is 157 Å². The van der Waals surface area contributed by atoms with Gasteiger partial charge in [0.25, 0.3) is 0 Å². The number of aromatic nitrogens is 2.